The molecule has 0 fully saturated rings. The van der Waals surface area contributed by atoms with E-state index in [1.165, 1.54) is 18.3 Å². The van der Waals surface area contributed by atoms with Gasteiger partial charge in [0, 0.05) is 172 Å². The third kappa shape index (κ3) is 28.9. The number of nitrogens with zero attached hydrogens (tertiary/aromatic N) is 15. The van der Waals surface area contributed by atoms with Crippen molar-refractivity contribution in [3.05, 3.63) is 387 Å². The van der Waals surface area contributed by atoms with Crippen LogP contribution in [0.1, 0.15) is 156 Å². The molecule has 15 aromatic rings. The minimum atomic E-state index is -0.425. The Morgan fingerprint density at radius 3 is 0.831 bits per heavy atom. The maximum atomic E-state index is 13.2. The molecule has 15 rings (SSSR count). The molecule has 0 aliphatic rings. The lowest BCUT2D eigenvalue weighted by atomic mass is 10.1. The molecule has 26 heteroatoms. The number of halogens is 1. The van der Waals surface area contributed by atoms with Gasteiger partial charge in [0.25, 0.3) is 0 Å². The summed E-state index contributed by atoms with van der Waals surface area (Å²) < 4.78 is 42.1. The van der Waals surface area contributed by atoms with Crippen LogP contribution in [0.25, 0.3) is 0 Å². The lowest BCUT2D eigenvalue weighted by molar-refractivity contribution is 0.0978. The molecular weight excluding hydrogens is 1570 g/mol. The monoisotopic (exact) mass is 1660 g/mol. The summed E-state index contributed by atoms with van der Waals surface area (Å²) in [7, 11) is 0. The van der Waals surface area contributed by atoms with Gasteiger partial charge in [0.2, 0.25) is 0 Å². The Kier molecular flexibility index (Phi) is 31.7. The number of ether oxygens (including phenoxy) is 5. The predicted octanol–water partition coefficient (Wildman–Crippen LogP) is 19.5. The van der Waals surface area contributed by atoms with Crippen LogP contribution in [0.4, 0.5) is 4.39 Å². The lowest BCUT2D eigenvalue weighted by Gasteiger charge is -2.09. The van der Waals surface area contributed by atoms with Gasteiger partial charge in [0.05, 0.1) is 68.8 Å². The minimum Gasteiger partial charge on any atom is -0.456 e. The summed E-state index contributed by atoms with van der Waals surface area (Å²) in [6.07, 6.45) is 19.8. The number of hydrogen-bond acceptors (Lipinski definition) is 25. The Morgan fingerprint density at radius 1 is 0.250 bits per heavy atom. The standard InChI is InChI=1S/C21H21N3O2.C20H19N3O2.C19H16FN3O2.2C19H17N3O2/c1-4-16-6-5-7-17(24-16)11-21(25)20-12-19(10-15(3)23-20)26-18-9-8-14(2)22-13-18;1-13-4-6-16(22-11-13)9-20(24)19-10-18(8-15(3)23-19)25-17-7-5-14(2)21-12-17;1-12-3-4-16(11-22-12)25-17-7-13(2)23-18(10-17)19(24)9-15-8-14(20)5-6-21-15;2*1-13-5-6-15(21-11-13)9-19(23)18-10-17(8-14(2)22-18)24-16-4-3-7-20-12-16/h5-10,12-13H,4,11H2,1-3H3;4-8,10-12H,9H2,1-3H3;3-8,10-11H,9H2,1-2H3;2*3-8,10-12H,9H2,1-2H3. The normalized spacial score (nSPS) is 10.5. The topological polar surface area (TPSA) is 325 Å². The van der Waals surface area contributed by atoms with Crippen LogP contribution in [0.3, 0.4) is 0 Å². The first kappa shape index (κ1) is 89.3. The van der Waals surface area contributed by atoms with Crippen LogP contribution >= 0.6 is 0 Å². The lowest BCUT2D eigenvalue weighted by Crippen LogP contribution is -2.09. The van der Waals surface area contributed by atoms with Crippen LogP contribution in [-0.4, -0.2) is 104 Å². The van der Waals surface area contributed by atoms with Gasteiger partial charge in [-0.25, -0.2) is 29.3 Å². The highest BCUT2D eigenvalue weighted by Gasteiger charge is 2.20. The molecule has 25 nitrogen and oxygen atoms in total. The van der Waals surface area contributed by atoms with Crippen molar-refractivity contribution in [1.82, 2.24) is 74.8 Å². The van der Waals surface area contributed by atoms with Crippen molar-refractivity contribution in [2.75, 3.05) is 0 Å². The highest BCUT2D eigenvalue weighted by Crippen LogP contribution is 2.29. The molecule has 15 aromatic heterocycles. The fourth-order valence-electron chi connectivity index (χ4n) is 11.7. The zero-order valence-electron chi connectivity index (χ0n) is 70.7. The van der Waals surface area contributed by atoms with E-state index in [9.17, 15) is 28.4 Å². The number of hydrogen-bond donors (Lipinski definition) is 0. The molecule has 0 saturated carbocycles. The molecule has 0 spiro atoms. The number of ketones is 5. The van der Waals surface area contributed by atoms with Gasteiger partial charge < -0.3 is 23.7 Å². The molecule has 0 aromatic carbocycles. The van der Waals surface area contributed by atoms with E-state index >= 15 is 0 Å². The van der Waals surface area contributed by atoms with Gasteiger partial charge in [-0.2, -0.15) is 0 Å². The number of carbonyl (C=O) groups excluding carboxylic acids is 5. The van der Waals surface area contributed by atoms with Gasteiger partial charge in [-0.3, -0.25) is 73.8 Å². The van der Waals surface area contributed by atoms with E-state index in [2.05, 4.69) is 74.8 Å². The Bertz CT molecular complexity index is 6010. The second-order valence-electron chi connectivity index (χ2n) is 28.9. The van der Waals surface area contributed by atoms with Gasteiger partial charge in [-0.15, -0.1) is 0 Å². The molecule has 0 amide bonds. The van der Waals surface area contributed by atoms with Crippen molar-refractivity contribution in [2.24, 2.45) is 0 Å². The summed E-state index contributed by atoms with van der Waals surface area (Å²) >= 11 is 0. The van der Waals surface area contributed by atoms with Crippen molar-refractivity contribution in [1.29, 1.82) is 0 Å². The number of rotatable bonds is 26. The molecule has 0 radical (unpaired) electrons. The largest absolute Gasteiger partial charge is 0.456 e. The van der Waals surface area contributed by atoms with Gasteiger partial charge >= 0.3 is 0 Å². The van der Waals surface area contributed by atoms with Gasteiger partial charge in [-0.05, 0) is 202 Å². The van der Waals surface area contributed by atoms with Gasteiger partial charge in [0.15, 0.2) is 28.9 Å². The SMILES string of the molecule is CCc1cccc(CC(=O)c2cc(Oc3ccc(C)nc3)cc(C)n2)n1.Cc1ccc(CC(=O)c2cc(Oc3ccc(C)nc3)cc(C)n2)nc1.Cc1ccc(CC(=O)c2cc(Oc3cccnc3)cc(C)n2)nc1.Cc1ccc(CC(=O)c2cc(Oc3cccnc3)cc(C)n2)nc1.Cc1ccc(Oc2cc(C)nc(C(=O)Cc3cc(F)ccn3)c2)cn1. The zero-order valence-corrected chi connectivity index (χ0v) is 70.7. The third-order valence-corrected chi connectivity index (χ3v) is 17.8. The van der Waals surface area contributed by atoms with Gasteiger partial charge in [0.1, 0.15) is 91.8 Å². The minimum absolute atomic E-state index is 0.0280. The Morgan fingerprint density at radius 2 is 0.556 bits per heavy atom. The first-order valence-corrected chi connectivity index (χ1v) is 39.6. The Labute approximate surface area is 717 Å². The predicted molar refractivity (Wildman–Crippen MR) is 466 cm³/mol. The van der Waals surface area contributed by atoms with Crippen molar-refractivity contribution in [2.45, 2.75) is 122 Å². The van der Waals surface area contributed by atoms with E-state index in [0.717, 1.165) is 91.4 Å². The molecule has 0 aliphatic carbocycles. The second kappa shape index (κ2) is 44.0. The number of Topliss-reactive ketones (excluding diaryl/α,β-unsaturated/α-hetero) is 5. The highest BCUT2D eigenvalue weighted by atomic mass is 19.1. The molecule has 0 unspecified atom stereocenters. The van der Waals surface area contributed by atoms with Crippen LogP contribution in [0.2, 0.25) is 0 Å². The van der Waals surface area contributed by atoms with E-state index < -0.39 is 5.82 Å². The number of carbonyl (C=O) groups is 5. The summed E-state index contributed by atoms with van der Waals surface area (Å²) in [6, 6.07) is 55.0. The Balaban J connectivity index is 0.000000151. The quantitative estimate of drug-likeness (QED) is 0.0455. The van der Waals surface area contributed by atoms with Gasteiger partial charge in [-0.1, -0.05) is 31.2 Å². The average Bonchev–Trinajstić information content (AvgIpc) is 0.857. The fourth-order valence-corrected chi connectivity index (χ4v) is 11.7. The number of aromatic nitrogens is 15. The van der Waals surface area contributed by atoms with Crippen LogP contribution < -0.4 is 23.7 Å². The summed E-state index contributed by atoms with van der Waals surface area (Å²) in [5.74, 6) is 4.77. The first-order chi connectivity index (χ1) is 59.7. The van der Waals surface area contributed by atoms with Crippen LogP contribution in [0, 0.1) is 82.0 Å². The van der Waals surface area contributed by atoms with Crippen molar-refractivity contribution in [3.8, 4) is 57.5 Å². The van der Waals surface area contributed by atoms with E-state index in [0.29, 0.717) is 91.7 Å². The molecule has 0 N–H and O–H groups in total. The van der Waals surface area contributed by atoms with Crippen molar-refractivity contribution >= 4 is 28.9 Å². The van der Waals surface area contributed by atoms with Crippen molar-refractivity contribution in [3.63, 3.8) is 0 Å². The average molecular weight is 1660 g/mol. The fraction of sp³-hybridized carbons (Fsp3) is 0.184. The molecule has 124 heavy (non-hydrogen) atoms. The maximum Gasteiger partial charge on any atom is 0.187 e. The molecule has 15 heterocycles. The highest BCUT2D eigenvalue weighted by molar-refractivity contribution is 5.98. The maximum absolute atomic E-state index is 13.2. The van der Waals surface area contributed by atoms with Crippen LogP contribution in [0.5, 0.6) is 57.5 Å². The van der Waals surface area contributed by atoms with E-state index in [1.807, 2.05) is 161 Å². The zero-order chi connectivity index (χ0) is 88.0. The number of aryl methyl sites for hydroxylation is 12. The summed E-state index contributed by atoms with van der Waals surface area (Å²) in [4.78, 5) is 126. The van der Waals surface area contributed by atoms with Crippen molar-refractivity contribution < 1.29 is 52.0 Å². The molecule has 624 valence electrons. The summed E-state index contributed by atoms with van der Waals surface area (Å²) in [5.41, 5.74) is 15.4. The molecule has 0 atom stereocenters. The van der Waals surface area contributed by atoms with Crippen LogP contribution in [0.15, 0.2) is 256 Å². The third-order valence-electron chi connectivity index (χ3n) is 17.8. The number of pyridine rings is 15. The molecule has 0 aliphatic heterocycles. The van der Waals surface area contributed by atoms with E-state index in [1.54, 1.807) is 160 Å². The second-order valence-corrected chi connectivity index (χ2v) is 28.9. The van der Waals surface area contributed by atoms with E-state index in [-0.39, 0.29) is 66.7 Å². The first-order valence-electron chi connectivity index (χ1n) is 39.6. The molecule has 0 bridgehead atoms. The van der Waals surface area contributed by atoms with Crippen LogP contribution in [-0.2, 0) is 38.5 Å². The summed E-state index contributed by atoms with van der Waals surface area (Å²) in [6.45, 7) is 22.8. The molecular formula is C98H90FN15O10. The molecule has 0 saturated heterocycles. The van der Waals surface area contributed by atoms with E-state index in [4.69, 9.17) is 23.7 Å². The summed E-state index contributed by atoms with van der Waals surface area (Å²) in [5, 5.41) is 0. The Hall–Kier alpha value is -15.5. The smallest absolute Gasteiger partial charge is 0.187 e.